The third kappa shape index (κ3) is 4.72. The highest BCUT2D eigenvalue weighted by atomic mass is 16.4. The van der Waals surface area contributed by atoms with Gasteiger partial charge < -0.3 is 15.3 Å². The Morgan fingerprint density at radius 1 is 1.33 bits per heavy atom. The van der Waals surface area contributed by atoms with E-state index in [-0.39, 0.29) is 24.3 Å². The van der Waals surface area contributed by atoms with E-state index in [2.05, 4.69) is 5.32 Å². The van der Waals surface area contributed by atoms with Crippen molar-refractivity contribution in [3.05, 3.63) is 0 Å². The maximum absolute atomic E-state index is 12.4. The van der Waals surface area contributed by atoms with E-state index in [1.165, 1.54) is 0 Å². The third-order valence-corrected chi connectivity index (χ3v) is 3.72. The van der Waals surface area contributed by atoms with E-state index in [0.29, 0.717) is 19.4 Å². The molecule has 1 heterocycles. The number of nitrogens with zero attached hydrogens (tertiary/aromatic N) is 1. The van der Waals surface area contributed by atoms with E-state index in [1.807, 2.05) is 27.7 Å². The van der Waals surface area contributed by atoms with Gasteiger partial charge in [-0.1, -0.05) is 27.7 Å². The van der Waals surface area contributed by atoms with Gasteiger partial charge in [-0.3, -0.25) is 14.4 Å². The predicted molar refractivity (Wildman–Crippen MR) is 78.7 cm³/mol. The molecule has 1 saturated heterocycles. The summed E-state index contributed by atoms with van der Waals surface area (Å²) >= 11 is 0. The number of amides is 2. The Hall–Kier alpha value is -1.59. The molecule has 1 aliphatic rings. The van der Waals surface area contributed by atoms with Crippen LogP contribution in [0.5, 0.6) is 0 Å². The van der Waals surface area contributed by atoms with Crippen LogP contribution < -0.4 is 5.32 Å². The summed E-state index contributed by atoms with van der Waals surface area (Å²) in [4.78, 5) is 37.1. The van der Waals surface area contributed by atoms with Gasteiger partial charge in [-0.05, 0) is 19.3 Å². The van der Waals surface area contributed by atoms with Gasteiger partial charge in [-0.15, -0.1) is 0 Å². The second kappa shape index (κ2) is 6.91. The average molecular weight is 298 g/mol. The van der Waals surface area contributed by atoms with E-state index in [1.54, 1.807) is 4.90 Å². The van der Waals surface area contributed by atoms with Crippen molar-refractivity contribution < 1.29 is 19.5 Å². The van der Waals surface area contributed by atoms with Crippen LogP contribution in [0.25, 0.3) is 0 Å². The van der Waals surface area contributed by atoms with Crippen molar-refractivity contribution in [1.82, 2.24) is 10.2 Å². The van der Waals surface area contributed by atoms with Crippen molar-refractivity contribution in [1.29, 1.82) is 0 Å². The number of carboxylic acids is 1. The number of aliphatic carboxylic acids is 1. The smallest absolute Gasteiger partial charge is 0.305 e. The molecule has 6 nitrogen and oxygen atoms in total. The Morgan fingerprint density at radius 3 is 2.43 bits per heavy atom. The Bertz CT molecular complexity index is 414. The zero-order valence-corrected chi connectivity index (χ0v) is 13.3. The molecule has 120 valence electrons. The molecule has 0 aromatic rings. The van der Waals surface area contributed by atoms with Crippen molar-refractivity contribution in [3.63, 3.8) is 0 Å². The number of hydrogen-bond acceptors (Lipinski definition) is 3. The molecule has 1 aliphatic heterocycles. The number of carbonyl (C=O) groups is 3. The van der Waals surface area contributed by atoms with Gasteiger partial charge in [0.15, 0.2) is 0 Å². The van der Waals surface area contributed by atoms with Crippen molar-refractivity contribution >= 4 is 17.8 Å². The van der Waals surface area contributed by atoms with E-state index in [9.17, 15) is 14.4 Å². The van der Waals surface area contributed by atoms with Crippen LogP contribution in [0.2, 0.25) is 0 Å². The van der Waals surface area contributed by atoms with E-state index < -0.39 is 17.4 Å². The van der Waals surface area contributed by atoms with Gasteiger partial charge in [0, 0.05) is 18.0 Å². The van der Waals surface area contributed by atoms with Gasteiger partial charge in [0.25, 0.3) is 0 Å². The van der Waals surface area contributed by atoms with Crippen molar-refractivity contribution in [2.75, 3.05) is 6.54 Å². The summed E-state index contributed by atoms with van der Waals surface area (Å²) in [6.45, 7) is 7.93. The van der Waals surface area contributed by atoms with E-state index in [4.69, 9.17) is 5.11 Å². The summed E-state index contributed by atoms with van der Waals surface area (Å²) in [7, 11) is 0. The molecule has 2 amide bonds. The monoisotopic (exact) mass is 298 g/mol. The zero-order chi connectivity index (χ0) is 16.2. The molecule has 0 aromatic heterocycles. The molecule has 0 aliphatic carbocycles. The first kappa shape index (κ1) is 17.5. The van der Waals surface area contributed by atoms with Gasteiger partial charge in [0.1, 0.15) is 6.04 Å². The second-order valence-electron chi connectivity index (χ2n) is 6.62. The molecular formula is C15H26N2O4. The summed E-state index contributed by atoms with van der Waals surface area (Å²) in [5, 5.41) is 11.6. The van der Waals surface area contributed by atoms with Crippen LogP contribution in [0, 0.1) is 5.41 Å². The Kier molecular flexibility index (Phi) is 5.75. The highest BCUT2D eigenvalue weighted by Gasteiger charge is 2.38. The quantitative estimate of drug-likeness (QED) is 0.803. The lowest BCUT2D eigenvalue weighted by atomic mass is 9.94. The first-order valence-electron chi connectivity index (χ1n) is 7.50. The van der Waals surface area contributed by atoms with Gasteiger partial charge in [0.2, 0.25) is 11.8 Å². The van der Waals surface area contributed by atoms with Crippen LogP contribution in [-0.4, -0.2) is 46.4 Å². The molecule has 0 bridgehead atoms. The minimum Gasteiger partial charge on any atom is -0.481 e. The normalized spacial score (nSPS) is 20.2. The van der Waals surface area contributed by atoms with E-state index in [0.717, 1.165) is 6.42 Å². The van der Waals surface area contributed by atoms with Crippen molar-refractivity contribution in [3.8, 4) is 0 Å². The minimum atomic E-state index is -0.934. The summed E-state index contributed by atoms with van der Waals surface area (Å²) < 4.78 is 0. The SMILES string of the molecule is CCC(CC(=O)O)NC(=O)C1CCCN1C(=O)C(C)(C)C. The van der Waals surface area contributed by atoms with Crippen molar-refractivity contribution in [2.45, 2.75) is 65.5 Å². The topological polar surface area (TPSA) is 86.7 Å². The second-order valence-corrected chi connectivity index (χ2v) is 6.62. The van der Waals surface area contributed by atoms with Crippen LogP contribution in [0.3, 0.4) is 0 Å². The highest BCUT2D eigenvalue weighted by Crippen LogP contribution is 2.25. The Morgan fingerprint density at radius 2 is 1.95 bits per heavy atom. The number of likely N-dealkylation sites (tertiary alicyclic amines) is 1. The fraction of sp³-hybridized carbons (Fsp3) is 0.800. The molecule has 0 spiro atoms. The maximum atomic E-state index is 12.4. The summed E-state index contributed by atoms with van der Waals surface area (Å²) in [6.07, 6.45) is 1.90. The lowest BCUT2D eigenvalue weighted by molar-refractivity contribution is -0.145. The van der Waals surface area contributed by atoms with Crippen LogP contribution in [0.15, 0.2) is 0 Å². The molecule has 0 radical (unpaired) electrons. The fourth-order valence-electron chi connectivity index (χ4n) is 2.52. The largest absolute Gasteiger partial charge is 0.481 e. The standard InChI is InChI=1S/C15H26N2O4/c1-5-10(9-12(18)19)16-13(20)11-7-6-8-17(11)14(21)15(2,3)4/h10-11H,5-9H2,1-4H3,(H,16,20)(H,18,19). The van der Waals surface area contributed by atoms with Gasteiger partial charge in [0.05, 0.1) is 6.42 Å². The third-order valence-electron chi connectivity index (χ3n) is 3.72. The molecule has 2 unspecified atom stereocenters. The van der Waals surface area contributed by atoms with E-state index >= 15 is 0 Å². The van der Waals surface area contributed by atoms with Crippen molar-refractivity contribution in [2.24, 2.45) is 5.41 Å². The lowest BCUT2D eigenvalue weighted by Crippen LogP contribution is -2.51. The average Bonchev–Trinajstić information content (AvgIpc) is 2.84. The summed E-state index contributed by atoms with van der Waals surface area (Å²) in [5.41, 5.74) is -0.520. The van der Waals surface area contributed by atoms with Crippen LogP contribution in [0.4, 0.5) is 0 Å². The molecule has 0 aromatic carbocycles. The molecular weight excluding hydrogens is 272 g/mol. The molecule has 1 rings (SSSR count). The van der Waals surface area contributed by atoms with Gasteiger partial charge >= 0.3 is 5.97 Å². The minimum absolute atomic E-state index is 0.0357. The molecule has 21 heavy (non-hydrogen) atoms. The number of nitrogens with one attached hydrogen (secondary N) is 1. The van der Waals surface area contributed by atoms with Gasteiger partial charge in [-0.25, -0.2) is 0 Å². The van der Waals surface area contributed by atoms with Gasteiger partial charge in [-0.2, -0.15) is 0 Å². The summed E-state index contributed by atoms with van der Waals surface area (Å²) in [5.74, 6) is -1.21. The molecule has 2 atom stereocenters. The maximum Gasteiger partial charge on any atom is 0.305 e. The Balaban J connectivity index is 2.72. The zero-order valence-electron chi connectivity index (χ0n) is 13.3. The number of hydrogen-bond donors (Lipinski definition) is 2. The van der Waals surface area contributed by atoms with Crippen LogP contribution in [-0.2, 0) is 14.4 Å². The van der Waals surface area contributed by atoms with Crippen LogP contribution in [0.1, 0.15) is 53.4 Å². The number of carboxylic acid groups (broad SMARTS) is 1. The molecule has 1 fully saturated rings. The highest BCUT2D eigenvalue weighted by molar-refractivity contribution is 5.90. The Labute approximate surface area is 125 Å². The molecule has 6 heteroatoms. The first-order chi connectivity index (χ1) is 9.66. The summed E-state index contributed by atoms with van der Waals surface area (Å²) in [6, 6.07) is -0.859. The number of rotatable bonds is 5. The molecule has 0 saturated carbocycles. The predicted octanol–water partition coefficient (Wildman–Crippen LogP) is 1.39. The molecule has 2 N–H and O–H groups in total. The first-order valence-corrected chi connectivity index (χ1v) is 7.50. The lowest BCUT2D eigenvalue weighted by Gasteiger charge is -2.31. The van der Waals surface area contributed by atoms with Crippen LogP contribution >= 0.6 is 0 Å². The fourth-order valence-corrected chi connectivity index (χ4v) is 2.52. The number of carbonyl (C=O) groups excluding carboxylic acids is 2.